The normalized spacial score (nSPS) is 35.1. The number of hydrogen-bond acceptors (Lipinski definition) is 16. The molecule has 306 valence electrons. The molecule has 6 fully saturated rings. The van der Waals surface area contributed by atoms with Crippen LogP contribution in [0.5, 0.6) is 0 Å². The standard InChI is InChI=1S/C34H64O16P2/c1-12-16-20-35-27(8)39-24(5)31(25(6)40-28(9)36-21-17-13-2)32(26(7)41-29(10)37-22-18-14-3)33(34-46-51(47-34)48-34,42-30(11)38-23-19-15-4)45-52(49-43-31)50-44-32/h24-30H,12-23H2,1-11H3. The first-order chi connectivity index (χ1) is 24.9. The molecule has 18 heteroatoms. The minimum absolute atomic E-state index is 0.403. The van der Waals surface area contributed by atoms with Gasteiger partial charge in [0.15, 0.2) is 30.8 Å². The lowest BCUT2D eigenvalue weighted by atomic mass is 9.66. The molecule has 6 aliphatic rings. The molecule has 0 aliphatic carbocycles. The minimum Gasteiger partial charge on any atom is -0.353 e. The number of hydrogen-bond donors (Lipinski definition) is 0. The maximum absolute atomic E-state index is 6.86. The Morgan fingerprint density at radius 2 is 0.885 bits per heavy atom. The molecule has 10 unspecified atom stereocenters. The summed E-state index contributed by atoms with van der Waals surface area (Å²) >= 11 is 0. The van der Waals surface area contributed by atoms with Gasteiger partial charge in [0.2, 0.25) is 5.60 Å². The molecular formula is C34H64O16P2. The lowest BCUT2D eigenvalue weighted by Crippen LogP contribution is -2.90. The van der Waals surface area contributed by atoms with E-state index in [9.17, 15) is 0 Å². The van der Waals surface area contributed by atoms with Crippen molar-refractivity contribution in [2.24, 2.45) is 0 Å². The summed E-state index contributed by atoms with van der Waals surface area (Å²) in [6.45, 7) is 22.6. The molecule has 0 N–H and O–H groups in total. The summed E-state index contributed by atoms with van der Waals surface area (Å²) in [6.07, 6.45) is 0.903. The van der Waals surface area contributed by atoms with E-state index in [4.69, 9.17) is 75.1 Å². The van der Waals surface area contributed by atoms with Gasteiger partial charge < -0.3 is 37.9 Å². The molecule has 0 saturated carbocycles. The second-order valence-electron chi connectivity index (χ2n) is 13.5. The highest BCUT2D eigenvalue weighted by molar-refractivity contribution is 7.45. The number of fused-ring (bicyclic) bond motifs is 4. The number of unbranched alkanes of at least 4 members (excludes halogenated alkanes) is 4. The quantitative estimate of drug-likeness (QED) is 0.0324. The van der Waals surface area contributed by atoms with E-state index in [0.29, 0.717) is 26.4 Å². The first-order valence-corrected chi connectivity index (χ1v) is 21.3. The number of rotatable bonds is 28. The van der Waals surface area contributed by atoms with Crippen molar-refractivity contribution in [2.75, 3.05) is 26.4 Å². The Morgan fingerprint density at radius 3 is 1.29 bits per heavy atom. The Kier molecular flexibility index (Phi) is 17.8. The molecule has 6 saturated heterocycles. The third-order valence-corrected chi connectivity index (χ3v) is 11.4. The molecule has 0 spiro atoms. The van der Waals surface area contributed by atoms with Crippen molar-refractivity contribution >= 4 is 17.2 Å². The maximum Gasteiger partial charge on any atom is 0.395 e. The van der Waals surface area contributed by atoms with Crippen molar-refractivity contribution in [1.29, 1.82) is 0 Å². The van der Waals surface area contributed by atoms with E-state index in [1.807, 2.05) is 0 Å². The first kappa shape index (κ1) is 44.9. The largest absolute Gasteiger partial charge is 0.395 e. The molecule has 0 aromatic heterocycles. The van der Waals surface area contributed by atoms with Crippen LogP contribution in [0.25, 0.3) is 0 Å². The highest BCUT2D eigenvalue weighted by Gasteiger charge is 2.94. The Balaban J connectivity index is 1.90. The van der Waals surface area contributed by atoms with Crippen LogP contribution in [-0.4, -0.2) is 92.9 Å². The van der Waals surface area contributed by atoms with E-state index in [-0.39, 0.29) is 0 Å². The highest BCUT2D eigenvalue weighted by atomic mass is 31.2. The molecule has 6 rings (SSSR count). The molecule has 0 aromatic carbocycles. The van der Waals surface area contributed by atoms with Crippen LogP contribution in [0.15, 0.2) is 0 Å². The number of ether oxygens (including phenoxy) is 8. The maximum atomic E-state index is 6.86. The van der Waals surface area contributed by atoms with Gasteiger partial charge in [-0.1, -0.05) is 53.4 Å². The Hall–Kier alpha value is 0.220. The van der Waals surface area contributed by atoms with Crippen LogP contribution in [-0.2, 0) is 75.1 Å². The molecule has 0 aromatic rings. The fourth-order valence-corrected chi connectivity index (χ4v) is 8.58. The van der Waals surface area contributed by atoms with E-state index >= 15 is 0 Å². The van der Waals surface area contributed by atoms with E-state index in [0.717, 1.165) is 51.4 Å². The fraction of sp³-hybridized carbons (Fsp3) is 1.00. The zero-order valence-corrected chi connectivity index (χ0v) is 34.7. The van der Waals surface area contributed by atoms with E-state index in [2.05, 4.69) is 27.7 Å². The second-order valence-corrected chi connectivity index (χ2v) is 15.4. The van der Waals surface area contributed by atoms with E-state index < -0.39 is 83.6 Å². The van der Waals surface area contributed by atoms with Crippen LogP contribution in [0.3, 0.4) is 0 Å². The smallest absolute Gasteiger partial charge is 0.353 e. The molecule has 16 nitrogen and oxygen atoms in total. The van der Waals surface area contributed by atoms with Crippen LogP contribution in [0.2, 0.25) is 0 Å². The summed E-state index contributed by atoms with van der Waals surface area (Å²) in [5, 5.41) is 0. The van der Waals surface area contributed by atoms with Gasteiger partial charge >= 0.3 is 29.0 Å². The first-order valence-electron chi connectivity index (χ1n) is 19.1. The molecule has 4 bridgehead atoms. The van der Waals surface area contributed by atoms with Crippen LogP contribution in [0.4, 0.5) is 0 Å². The van der Waals surface area contributed by atoms with Crippen molar-refractivity contribution in [2.45, 2.75) is 194 Å². The Morgan fingerprint density at radius 1 is 0.481 bits per heavy atom. The monoisotopic (exact) mass is 790 g/mol. The topological polar surface area (TPSA) is 148 Å². The third kappa shape index (κ3) is 9.33. The fourth-order valence-electron chi connectivity index (χ4n) is 6.64. The van der Waals surface area contributed by atoms with Crippen molar-refractivity contribution < 1.29 is 75.1 Å². The predicted octanol–water partition coefficient (Wildman–Crippen LogP) is 8.17. The summed E-state index contributed by atoms with van der Waals surface area (Å²) in [5.74, 6) is -4.18. The van der Waals surface area contributed by atoms with E-state index in [1.165, 1.54) is 0 Å². The van der Waals surface area contributed by atoms with Gasteiger partial charge in [-0.05, 0) is 74.1 Å². The summed E-state index contributed by atoms with van der Waals surface area (Å²) in [5.41, 5.74) is -4.02. The molecule has 52 heavy (non-hydrogen) atoms. The average molecular weight is 791 g/mol. The van der Waals surface area contributed by atoms with Crippen LogP contribution < -0.4 is 0 Å². The molecular weight excluding hydrogens is 726 g/mol. The molecule has 0 amide bonds. The van der Waals surface area contributed by atoms with Gasteiger partial charge in [0.25, 0.3) is 0 Å². The van der Waals surface area contributed by atoms with Gasteiger partial charge in [-0.25, -0.2) is 23.3 Å². The van der Waals surface area contributed by atoms with Gasteiger partial charge in [0.05, 0.1) is 18.3 Å². The van der Waals surface area contributed by atoms with Crippen LogP contribution >= 0.6 is 17.2 Å². The molecule has 6 heterocycles. The molecule has 10 atom stereocenters. The predicted molar refractivity (Wildman–Crippen MR) is 187 cm³/mol. The van der Waals surface area contributed by atoms with Gasteiger partial charge in [0, 0.05) is 26.4 Å². The van der Waals surface area contributed by atoms with Crippen LogP contribution in [0, 0.1) is 0 Å². The SMILES string of the molecule is CCCCOC(C)OC(C)C1(C(C)OC(C)OCCCC)OOP2OOC1(C(C)OC(C)OCCCC)C(OC(C)OCCCC)(C13OP(O1)O3)O2. The van der Waals surface area contributed by atoms with E-state index in [1.54, 1.807) is 48.5 Å². The van der Waals surface area contributed by atoms with Gasteiger partial charge in [-0.15, -0.1) is 9.35 Å². The minimum atomic E-state index is -2.45. The van der Waals surface area contributed by atoms with Gasteiger partial charge in [-0.3, -0.25) is 4.52 Å². The highest BCUT2D eigenvalue weighted by Crippen LogP contribution is 2.82. The lowest BCUT2D eigenvalue weighted by molar-refractivity contribution is -0.592. The average Bonchev–Trinajstić information content (AvgIpc) is 3.29. The zero-order chi connectivity index (χ0) is 38.0. The summed E-state index contributed by atoms with van der Waals surface area (Å²) < 4.78 is 88.1. The van der Waals surface area contributed by atoms with Crippen molar-refractivity contribution in [3.63, 3.8) is 0 Å². The summed E-state index contributed by atoms with van der Waals surface area (Å²) in [6, 6.07) is 0. The summed E-state index contributed by atoms with van der Waals surface area (Å²) in [4.78, 5) is 13.2. The van der Waals surface area contributed by atoms with Gasteiger partial charge in [-0.2, -0.15) is 0 Å². The van der Waals surface area contributed by atoms with Crippen molar-refractivity contribution in [1.82, 2.24) is 0 Å². The van der Waals surface area contributed by atoms with Crippen molar-refractivity contribution in [3.8, 4) is 0 Å². The Labute approximate surface area is 312 Å². The van der Waals surface area contributed by atoms with Crippen molar-refractivity contribution in [3.05, 3.63) is 0 Å². The lowest BCUT2D eigenvalue weighted by Gasteiger charge is -2.68. The Bertz CT molecular complexity index is 1010. The third-order valence-electron chi connectivity index (χ3n) is 9.43. The zero-order valence-electron chi connectivity index (χ0n) is 33.0. The summed E-state index contributed by atoms with van der Waals surface area (Å²) in [7, 11) is -4.11. The van der Waals surface area contributed by atoms with Crippen LogP contribution in [0.1, 0.15) is 128 Å². The molecule has 0 radical (unpaired) electrons. The molecule has 6 aliphatic heterocycles. The second kappa shape index (κ2) is 20.6. The van der Waals surface area contributed by atoms with Gasteiger partial charge in [0.1, 0.15) is 0 Å².